The lowest BCUT2D eigenvalue weighted by Crippen LogP contribution is -2.43. The van der Waals surface area contributed by atoms with Crippen molar-refractivity contribution in [2.75, 3.05) is 11.9 Å². The predicted molar refractivity (Wildman–Crippen MR) is 106 cm³/mol. The highest BCUT2D eigenvalue weighted by molar-refractivity contribution is 5.92. The van der Waals surface area contributed by atoms with Gasteiger partial charge in [-0.2, -0.15) is 0 Å². The second-order valence-corrected chi connectivity index (χ2v) is 7.13. The lowest BCUT2D eigenvalue weighted by molar-refractivity contribution is 0.0601. The maximum absolute atomic E-state index is 12.8. The van der Waals surface area contributed by atoms with Gasteiger partial charge in [-0.05, 0) is 51.7 Å². The SMILES string of the molecule is CCC1CCCCN1C(=O)c1cnc(Nc2ccccc2OC(C)C)cn1. The summed E-state index contributed by atoms with van der Waals surface area (Å²) in [6.45, 7) is 6.91. The van der Waals surface area contributed by atoms with Crippen molar-refractivity contribution in [2.45, 2.75) is 58.6 Å². The fourth-order valence-corrected chi connectivity index (χ4v) is 3.41. The van der Waals surface area contributed by atoms with E-state index in [1.165, 1.54) is 6.42 Å². The number of rotatable bonds is 6. The van der Waals surface area contributed by atoms with E-state index in [2.05, 4.69) is 22.2 Å². The number of ether oxygens (including phenoxy) is 1. The third-order valence-corrected chi connectivity index (χ3v) is 4.74. The summed E-state index contributed by atoms with van der Waals surface area (Å²) in [4.78, 5) is 23.5. The van der Waals surface area contributed by atoms with Gasteiger partial charge in [-0.25, -0.2) is 9.97 Å². The van der Waals surface area contributed by atoms with Crippen LogP contribution in [0.25, 0.3) is 0 Å². The molecule has 2 heterocycles. The maximum atomic E-state index is 12.8. The van der Waals surface area contributed by atoms with Gasteiger partial charge in [-0.1, -0.05) is 19.1 Å². The summed E-state index contributed by atoms with van der Waals surface area (Å²) in [6.07, 6.45) is 7.53. The van der Waals surface area contributed by atoms with E-state index in [1.54, 1.807) is 12.4 Å². The first-order valence-corrected chi connectivity index (χ1v) is 9.74. The molecule has 1 fully saturated rings. The van der Waals surface area contributed by atoms with E-state index in [1.807, 2.05) is 43.0 Å². The van der Waals surface area contributed by atoms with Crippen LogP contribution in [-0.4, -0.2) is 39.5 Å². The Hall–Kier alpha value is -2.63. The maximum Gasteiger partial charge on any atom is 0.274 e. The Kier molecular flexibility index (Phi) is 6.27. The predicted octanol–water partition coefficient (Wildman–Crippen LogP) is 4.41. The van der Waals surface area contributed by atoms with Crippen molar-refractivity contribution in [2.24, 2.45) is 0 Å². The molecule has 0 aliphatic carbocycles. The average molecular weight is 368 g/mol. The Morgan fingerprint density at radius 1 is 1.26 bits per heavy atom. The lowest BCUT2D eigenvalue weighted by Gasteiger charge is -2.34. The summed E-state index contributed by atoms with van der Waals surface area (Å²) in [5, 5.41) is 3.22. The molecule has 1 aliphatic heterocycles. The molecule has 144 valence electrons. The summed E-state index contributed by atoms with van der Waals surface area (Å²) in [7, 11) is 0. The zero-order valence-electron chi connectivity index (χ0n) is 16.3. The third-order valence-electron chi connectivity index (χ3n) is 4.74. The Morgan fingerprint density at radius 2 is 2.07 bits per heavy atom. The van der Waals surface area contributed by atoms with Gasteiger partial charge in [0.25, 0.3) is 5.91 Å². The van der Waals surface area contributed by atoms with Gasteiger partial charge >= 0.3 is 0 Å². The first kappa shape index (κ1) is 19.1. The van der Waals surface area contributed by atoms with E-state index in [4.69, 9.17) is 4.74 Å². The zero-order valence-corrected chi connectivity index (χ0v) is 16.3. The molecule has 2 aromatic rings. The fraction of sp³-hybridized carbons (Fsp3) is 0.476. The average Bonchev–Trinajstić information content (AvgIpc) is 2.69. The zero-order chi connectivity index (χ0) is 19.2. The van der Waals surface area contributed by atoms with E-state index in [0.717, 1.165) is 37.2 Å². The van der Waals surface area contributed by atoms with Crippen molar-refractivity contribution >= 4 is 17.4 Å². The Morgan fingerprint density at radius 3 is 2.78 bits per heavy atom. The number of nitrogens with one attached hydrogen (secondary N) is 1. The number of nitrogens with zero attached hydrogens (tertiary/aromatic N) is 3. The molecule has 1 unspecified atom stereocenters. The molecule has 6 heteroatoms. The quantitative estimate of drug-likeness (QED) is 0.818. The van der Waals surface area contributed by atoms with Crippen LogP contribution < -0.4 is 10.1 Å². The molecular weight excluding hydrogens is 340 g/mol. The molecular formula is C21H28N4O2. The summed E-state index contributed by atoms with van der Waals surface area (Å²) >= 11 is 0. The van der Waals surface area contributed by atoms with Crippen molar-refractivity contribution < 1.29 is 9.53 Å². The van der Waals surface area contributed by atoms with Gasteiger partial charge in [-0.15, -0.1) is 0 Å². The smallest absolute Gasteiger partial charge is 0.274 e. The molecule has 1 aliphatic rings. The normalized spacial score (nSPS) is 17.0. The van der Waals surface area contributed by atoms with Crippen LogP contribution in [0.2, 0.25) is 0 Å². The highest BCUT2D eigenvalue weighted by atomic mass is 16.5. The van der Waals surface area contributed by atoms with Gasteiger partial charge in [0.15, 0.2) is 0 Å². The molecule has 1 saturated heterocycles. The van der Waals surface area contributed by atoms with Crippen LogP contribution in [0.5, 0.6) is 5.75 Å². The second kappa shape index (κ2) is 8.84. The Bertz CT molecular complexity index is 761. The van der Waals surface area contributed by atoms with E-state index >= 15 is 0 Å². The molecule has 1 N–H and O–H groups in total. The number of hydrogen-bond donors (Lipinski definition) is 1. The highest BCUT2D eigenvalue weighted by Crippen LogP contribution is 2.27. The van der Waals surface area contributed by atoms with E-state index < -0.39 is 0 Å². The number of para-hydroxylation sites is 2. The molecule has 27 heavy (non-hydrogen) atoms. The molecule has 0 bridgehead atoms. The minimum atomic E-state index is -0.0239. The summed E-state index contributed by atoms with van der Waals surface area (Å²) in [5.74, 6) is 1.31. The van der Waals surface area contributed by atoms with E-state index in [0.29, 0.717) is 17.6 Å². The van der Waals surface area contributed by atoms with Gasteiger partial charge in [0.1, 0.15) is 17.3 Å². The van der Waals surface area contributed by atoms with E-state index in [9.17, 15) is 4.79 Å². The number of amides is 1. The number of piperidine rings is 1. The van der Waals surface area contributed by atoms with Gasteiger partial charge in [-0.3, -0.25) is 4.79 Å². The van der Waals surface area contributed by atoms with Gasteiger partial charge in [0.05, 0.1) is 24.2 Å². The van der Waals surface area contributed by atoms with Crippen LogP contribution in [-0.2, 0) is 0 Å². The molecule has 1 aromatic heterocycles. The number of hydrogen-bond acceptors (Lipinski definition) is 5. The molecule has 3 rings (SSSR count). The second-order valence-electron chi connectivity index (χ2n) is 7.13. The first-order valence-electron chi connectivity index (χ1n) is 9.74. The largest absolute Gasteiger partial charge is 0.489 e. The minimum absolute atomic E-state index is 0.0239. The molecule has 0 saturated carbocycles. The molecule has 1 aromatic carbocycles. The van der Waals surface area contributed by atoms with Gasteiger partial charge in [0.2, 0.25) is 0 Å². The van der Waals surface area contributed by atoms with Gasteiger partial charge in [0, 0.05) is 12.6 Å². The molecule has 0 radical (unpaired) electrons. The summed E-state index contributed by atoms with van der Waals surface area (Å²) < 4.78 is 5.81. The number of carbonyl (C=O) groups is 1. The van der Waals surface area contributed by atoms with E-state index in [-0.39, 0.29) is 12.0 Å². The van der Waals surface area contributed by atoms with Crippen LogP contribution in [0.4, 0.5) is 11.5 Å². The van der Waals surface area contributed by atoms with Crippen molar-refractivity contribution in [1.29, 1.82) is 0 Å². The Labute approximate surface area is 161 Å². The van der Waals surface area contributed by atoms with Crippen LogP contribution in [0, 0.1) is 0 Å². The highest BCUT2D eigenvalue weighted by Gasteiger charge is 2.27. The number of benzene rings is 1. The summed E-state index contributed by atoms with van der Waals surface area (Å²) in [5.41, 5.74) is 1.22. The van der Waals surface area contributed by atoms with Crippen molar-refractivity contribution in [3.8, 4) is 5.75 Å². The molecule has 0 spiro atoms. The van der Waals surface area contributed by atoms with Crippen molar-refractivity contribution in [3.05, 3.63) is 42.4 Å². The molecule has 6 nitrogen and oxygen atoms in total. The molecule has 1 amide bonds. The summed E-state index contributed by atoms with van der Waals surface area (Å²) in [6, 6.07) is 8.01. The van der Waals surface area contributed by atoms with Crippen LogP contribution in [0.15, 0.2) is 36.7 Å². The number of carbonyl (C=O) groups excluding carboxylic acids is 1. The van der Waals surface area contributed by atoms with Gasteiger partial charge < -0.3 is 15.0 Å². The van der Waals surface area contributed by atoms with Crippen LogP contribution in [0.1, 0.15) is 56.9 Å². The van der Waals surface area contributed by atoms with Crippen molar-refractivity contribution in [1.82, 2.24) is 14.9 Å². The van der Waals surface area contributed by atoms with Crippen molar-refractivity contribution in [3.63, 3.8) is 0 Å². The minimum Gasteiger partial charge on any atom is -0.489 e. The number of aromatic nitrogens is 2. The monoisotopic (exact) mass is 368 g/mol. The topological polar surface area (TPSA) is 67.4 Å². The first-order chi connectivity index (χ1) is 13.1. The Balaban J connectivity index is 1.71. The number of anilines is 2. The van der Waals surface area contributed by atoms with Crippen LogP contribution >= 0.6 is 0 Å². The molecule has 1 atom stereocenters. The lowest BCUT2D eigenvalue weighted by atomic mass is 10.00. The standard InChI is InChI=1S/C21H28N4O2/c1-4-16-9-7-8-12-25(16)21(26)18-13-23-20(14-22-18)24-17-10-5-6-11-19(17)27-15(2)3/h5-6,10-11,13-16H,4,7-9,12H2,1-3H3,(H,23,24). The third kappa shape index (κ3) is 4.76. The fourth-order valence-electron chi connectivity index (χ4n) is 3.41. The number of likely N-dealkylation sites (tertiary alicyclic amines) is 1. The van der Waals surface area contributed by atoms with Crippen LogP contribution in [0.3, 0.4) is 0 Å².